The van der Waals surface area contributed by atoms with Crippen molar-refractivity contribution in [2.24, 2.45) is 5.10 Å². The second-order valence-corrected chi connectivity index (χ2v) is 5.32. The van der Waals surface area contributed by atoms with E-state index in [-0.39, 0.29) is 11.3 Å². The molecular weight excluding hydrogens is 363 g/mol. The molecule has 2 rings (SSSR count). The zero-order valence-corrected chi connectivity index (χ0v) is 12.8. The molecule has 21 heavy (non-hydrogen) atoms. The van der Waals surface area contributed by atoms with E-state index in [1.807, 2.05) is 0 Å². The maximum absolute atomic E-state index is 12.7. The van der Waals surface area contributed by atoms with Gasteiger partial charge in [0.05, 0.1) is 10.7 Å². The third-order valence-corrected chi connectivity index (χ3v) is 3.36. The first-order chi connectivity index (χ1) is 9.97. The van der Waals surface area contributed by atoms with Crippen LogP contribution in [0.15, 0.2) is 46.0 Å². The van der Waals surface area contributed by atoms with Crippen LogP contribution >= 0.6 is 27.5 Å². The molecule has 0 heterocycles. The number of hydrogen-bond donors (Lipinski definition) is 2. The van der Waals surface area contributed by atoms with E-state index in [0.717, 1.165) is 0 Å². The fraction of sp³-hybridized carbons (Fsp3) is 0. The lowest BCUT2D eigenvalue weighted by atomic mass is 10.2. The number of phenolic OH excluding ortho intramolecular Hbond substituents is 1. The van der Waals surface area contributed by atoms with Gasteiger partial charge in [-0.15, -0.1) is 0 Å². The zero-order valence-electron chi connectivity index (χ0n) is 10.5. The Morgan fingerprint density at radius 1 is 1.33 bits per heavy atom. The van der Waals surface area contributed by atoms with Crippen LogP contribution in [-0.2, 0) is 0 Å². The minimum atomic E-state index is -0.494. The van der Waals surface area contributed by atoms with Crippen molar-refractivity contribution in [2.45, 2.75) is 0 Å². The van der Waals surface area contributed by atoms with Gasteiger partial charge in [0.15, 0.2) is 0 Å². The minimum absolute atomic E-state index is 0.0424. The lowest BCUT2D eigenvalue weighted by molar-refractivity contribution is 0.0955. The molecule has 7 heteroatoms. The Morgan fingerprint density at radius 3 is 2.67 bits per heavy atom. The molecular formula is C14H9BrClFN2O2. The van der Waals surface area contributed by atoms with Crippen LogP contribution in [0.1, 0.15) is 15.9 Å². The van der Waals surface area contributed by atoms with Gasteiger partial charge in [0.25, 0.3) is 5.91 Å². The minimum Gasteiger partial charge on any atom is -0.506 e. The van der Waals surface area contributed by atoms with Gasteiger partial charge in [0.1, 0.15) is 11.6 Å². The number of carbonyl (C=O) groups excluding carboxylic acids is 1. The third-order valence-electron chi connectivity index (χ3n) is 2.53. The number of nitrogens with zero attached hydrogens (tertiary/aromatic N) is 1. The number of amides is 1. The first-order valence-electron chi connectivity index (χ1n) is 5.74. The second kappa shape index (κ2) is 6.69. The predicted molar refractivity (Wildman–Crippen MR) is 82.3 cm³/mol. The number of carbonyl (C=O) groups is 1. The van der Waals surface area contributed by atoms with E-state index in [1.54, 1.807) is 0 Å². The molecule has 0 saturated heterocycles. The molecule has 0 saturated carbocycles. The Labute approximate surface area is 133 Å². The van der Waals surface area contributed by atoms with Crippen LogP contribution in [0.5, 0.6) is 5.75 Å². The summed E-state index contributed by atoms with van der Waals surface area (Å²) in [4.78, 5) is 11.7. The van der Waals surface area contributed by atoms with Crippen molar-refractivity contribution in [1.82, 2.24) is 5.43 Å². The Balaban J connectivity index is 2.09. The monoisotopic (exact) mass is 370 g/mol. The van der Waals surface area contributed by atoms with Gasteiger partial charge in [-0.2, -0.15) is 5.10 Å². The van der Waals surface area contributed by atoms with Crippen LogP contribution in [0.3, 0.4) is 0 Å². The highest BCUT2D eigenvalue weighted by molar-refractivity contribution is 9.10. The highest BCUT2D eigenvalue weighted by Crippen LogP contribution is 2.30. The predicted octanol–water partition coefficient (Wildman–Crippen LogP) is 3.71. The normalized spacial score (nSPS) is 10.8. The van der Waals surface area contributed by atoms with E-state index in [9.17, 15) is 14.3 Å². The van der Waals surface area contributed by atoms with Crippen molar-refractivity contribution in [2.75, 3.05) is 0 Å². The summed E-state index contributed by atoms with van der Waals surface area (Å²) in [6.07, 6.45) is 1.26. The quantitative estimate of drug-likeness (QED) is 0.638. The lowest BCUT2D eigenvalue weighted by Gasteiger charge is -2.03. The number of aromatic hydroxyl groups is 1. The molecule has 0 aliphatic carbocycles. The molecule has 4 nitrogen and oxygen atoms in total. The molecule has 0 bridgehead atoms. The number of halogens is 3. The number of benzene rings is 2. The molecule has 2 aromatic carbocycles. The molecule has 0 unspecified atom stereocenters. The molecule has 0 aliphatic heterocycles. The smallest absolute Gasteiger partial charge is 0.271 e. The average Bonchev–Trinajstić information content (AvgIpc) is 2.44. The summed E-state index contributed by atoms with van der Waals surface area (Å²) in [5.41, 5.74) is 2.88. The summed E-state index contributed by atoms with van der Waals surface area (Å²) in [5.74, 6) is -0.963. The van der Waals surface area contributed by atoms with Crippen molar-refractivity contribution >= 4 is 39.7 Å². The summed E-state index contributed by atoms with van der Waals surface area (Å²) in [6, 6.07) is 8.07. The average molecular weight is 372 g/mol. The van der Waals surface area contributed by atoms with Gasteiger partial charge in [0, 0.05) is 16.1 Å². The standard InChI is InChI=1S/C14H9BrClFN2O2/c15-12-6-10(16)5-9(13(12)20)7-18-19-14(21)8-1-3-11(17)4-2-8/h1-7,20H,(H,19,21). The molecule has 108 valence electrons. The van der Waals surface area contributed by atoms with Gasteiger partial charge < -0.3 is 5.11 Å². The van der Waals surface area contributed by atoms with Crippen LogP contribution in [-0.4, -0.2) is 17.2 Å². The molecule has 0 aromatic heterocycles. The van der Waals surface area contributed by atoms with Gasteiger partial charge in [0.2, 0.25) is 0 Å². The largest absolute Gasteiger partial charge is 0.506 e. The number of hydrogen-bond acceptors (Lipinski definition) is 3. The molecule has 0 fully saturated rings. The van der Waals surface area contributed by atoms with Crippen LogP contribution in [0.2, 0.25) is 5.02 Å². The van der Waals surface area contributed by atoms with Gasteiger partial charge in [-0.05, 0) is 52.3 Å². The van der Waals surface area contributed by atoms with Gasteiger partial charge >= 0.3 is 0 Å². The summed E-state index contributed by atoms with van der Waals surface area (Å²) in [6.45, 7) is 0. The van der Waals surface area contributed by atoms with E-state index >= 15 is 0 Å². The van der Waals surface area contributed by atoms with Crippen LogP contribution < -0.4 is 5.43 Å². The zero-order chi connectivity index (χ0) is 15.4. The topological polar surface area (TPSA) is 61.7 Å². The van der Waals surface area contributed by atoms with Crippen molar-refractivity contribution in [3.8, 4) is 5.75 Å². The second-order valence-electron chi connectivity index (χ2n) is 4.03. The lowest BCUT2D eigenvalue weighted by Crippen LogP contribution is -2.17. The fourth-order valence-electron chi connectivity index (χ4n) is 1.51. The Kier molecular flexibility index (Phi) is 4.93. The van der Waals surface area contributed by atoms with Gasteiger partial charge in [-0.25, -0.2) is 9.82 Å². The SMILES string of the molecule is O=C(NN=Cc1cc(Cl)cc(Br)c1O)c1ccc(F)cc1. The van der Waals surface area contributed by atoms with Gasteiger partial charge in [-0.3, -0.25) is 4.79 Å². The number of nitrogens with one attached hydrogen (secondary N) is 1. The van der Waals surface area contributed by atoms with E-state index in [0.29, 0.717) is 15.1 Å². The molecule has 2 aromatic rings. The van der Waals surface area contributed by atoms with Crippen molar-refractivity contribution in [1.29, 1.82) is 0 Å². The van der Waals surface area contributed by atoms with Crippen molar-refractivity contribution in [3.63, 3.8) is 0 Å². The van der Waals surface area contributed by atoms with E-state index < -0.39 is 11.7 Å². The molecule has 0 atom stereocenters. The summed E-state index contributed by atoms with van der Waals surface area (Å²) < 4.78 is 13.2. The van der Waals surface area contributed by atoms with Crippen LogP contribution in [0.4, 0.5) is 4.39 Å². The van der Waals surface area contributed by atoms with Gasteiger partial charge in [-0.1, -0.05) is 11.6 Å². The van der Waals surface area contributed by atoms with E-state index in [1.165, 1.54) is 42.6 Å². The first-order valence-corrected chi connectivity index (χ1v) is 6.91. The maximum Gasteiger partial charge on any atom is 0.271 e. The summed E-state index contributed by atoms with van der Waals surface area (Å²) in [5, 5.41) is 13.9. The summed E-state index contributed by atoms with van der Waals surface area (Å²) >= 11 is 8.99. The number of rotatable bonds is 3. The van der Waals surface area contributed by atoms with Crippen molar-refractivity contribution in [3.05, 3.63) is 62.8 Å². The molecule has 2 N–H and O–H groups in total. The number of hydrazone groups is 1. The molecule has 0 aliphatic rings. The maximum atomic E-state index is 12.7. The Bertz CT molecular complexity index is 705. The Hall–Kier alpha value is -1.92. The van der Waals surface area contributed by atoms with Crippen LogP contribution in [0.25, 0.3) is 0 Å². The molecule has 1 amide bonds. The van der Waals surface area contributed by atoms with E-state index in [4.69, 9.17) is 11.6 Å². The van der Waals surface area contributed by atoms with Crippen LogP contribution in [0, 0.1) is 5.82 Å². The highest BCUT2D eigenvalue weighted by atomic mass is 79.9. The summed E-state index contributed by atoms with van der Waals surface area (Å²) in [7, 11) is 0. The Morgan fingerprint density at radius 2 is 2.00 bits per heavy atom. The fourth-order valence-corrected chi connectivity index (χ4v) is 2.34. The number of phenols is 1. The van der Waals surface area contributed by atoms with Crippen molar-refractivity contribution < 1.29 is 14.3 Å². The van der Waals surface area contributed by atoms with E-state index in [2.05, 4.69) is 26.5 Å². The third kappa shape index (κ3) is 4.03. The molecule has 0 spiro atoms. The molecule has 0 radical (unpaired) electrons. The highest BCUT2D eigenvalue weighted by Gasteiger charge is 2.07. The first kappa shape index (κ1) is 15.5.